The first-order chi connectivity index (χ1) is 11.0. The fourth-order valence-electron chi connectivity index (χ4n) is 2.76. The van der Waals surface area contributed by atoms with Crippen molar-refractivity contribution >= 4 is 11.9 Å². The quantitative estimate of drug-likeness (QED) is 0.800. The SMILES string of the molecule is CCCCN(C)c1nc(C)cc(C(=O)N2CCN(CC)CC2)n1. The molecule has 0 spiro atoms. The molecule has 0 saturated carbocycles. The summed E-state index contributed by atoms with van der Waals surface area (Å²) < 4.78 is 0. The topological polar surface area (TPSA) is 52.6 Å². The summed E-state index contributed by atoms with van der Waals surface area (Å²) >= 11 is 0. The van der Waals surface area contributed by atoms with E-state index in [2.05, 4.69) is 28.7 Å². The number of unbranched alkanes of at least 4 members (excludes halogenated alkanes) is 1. The predicted octanol–water partition coefficient (Wildman–Crippen LogP) is 1.80. The summed E-state index contributed by atoms with van der Waals surface area (Å²) in [7, 11) is 1.98. The van der Waals surface area contributed by atoms with Gasteiger partial charge >= 0.3 is 0 Å². The molecule has 0 aliphatic carbocycles. The monoisotopic (exact) mass is 319 g/mol. The van der Waals surface area contributed by atoms with Gasteiger partial charge in [0.15, 0.2) is 0 Å². The molecule has 1 aliphatic heterocycles. The van der Waals surface area contributed by atoms with Crippen LogP contribution in [0.4, 0.5) is 5.95 Å². The second-order valence-electron chi connectivity index (χ2n) is 6.20. The van der Waals surface area contributed by atoms with E-state index in [1.54, 1.807) is 6.07 Å². The number of hydrogen-bond acceptors (Lipinski definition) is 5. The second-order valence-corrected chi connectivity index (χ2v) is 6.20. The van der Waals surface area contributed by atoms with Crippen molar-refractivity contribution in [3.63, 3.8) is 0 Å². The molecule has 2 heterocycles. The lowest BCUT2D eigenvalue weighted by atomic mass is 10.2. The molecule has 0 aromatic carbocycles. The van der Waals surface area contributed by atoms with Gasteiger partial charge in [0.05, 0.1) is 0 Å². The highest BCUT2D eigenvalue weighted by atomic mass is 16.2. The molecule has 6 nitrogen and oxygen atoms in total. The van der Waals surface area contributed by atoms with Crippen LogP contribution in [0.25, 0.3) is 0 Å². The van der Waals surface area contributed by atoms with Gasteiger partial charge in [-0.3, -0.25) is 4.79 Å². The Labute approximate surface area is 139 Å². The lowest BCUT2D eigenvalue weighted by Gasteiger charge is -2.34. The van der Waals surface area contributed by atoms with E-state index in [1.807, 2.05) is 23.8 Å². The van der Waals surface area contributed by atoms with Crippen LogP contribution in [0.15, 0.2) is 6.07 Å². The molecule has 0 atom stereocenters. The molecule has 6 heteroatoms. The minimum absolute atomic E-state index is 0.0244. The first-order valence-electron chi connectivity index (χ1n) is 8.63. The Morgan fingerprint density at radius 1 is 1.22 bits per heavy atom. The fraction of sp³-hybridized carbons (Fsp3) is 0.706. The van der Waals surface area contributed by atoms with Gasteiger partial charge in [0, 0.05) is 45.5 Å². The van der Waals surface area contributed by atoms with E-state index in [0.717, 1.165) is 57.8 Å². The molecule has 1 aromatic heterocycles. The lowest BCUT2D eigenvalue weighted by molar-refractivity contribution is 0.0637. The average Bonchev–Trinajstić information content (AvgIpc) is 2.58. The van der Waals surface area contributed by atoms with Crippen molar-refractivity contribution in [2.75, 3.05) is 51.2 Å². The first kappa shape index (κ1) is 17.7. The normalized spacial score (nSPS) is 15.7. The Hall–Kier alpha value is -1.69. The zero-order chi connectivity index (χ0) is 16.8. The van der Waals surface area contributed by atoms with E-state index >= 15 is 0 Å². The highest BCUT2D eigenvalue weighted by molar-refractivity contribution is 5.92. The third-order valence-electron chi connectivity index (χ3n) is 4.36. The largest absolute Gasteiger partial charge is 0.344 e. The van der Waals surface area contributed by atoms with Gasteiger partial charge in [-0.15, -0.1) is 0 Å². The number of aromatic nitrogens is 2. The van der Waals surface area contributed by atoms with E-state index in [0.29, 0.717) is 11.6 Å². The van der Waals surface area contributed by atoms with Crippen LogP contribution < -0.4 is 4.90 Å². The van der Waals surface area contributed by atoms with Crippen molar-refractivity contribution in [3.05, 3.63) is 17.5 Å². The van der Waals surface area contributed by atoms with Crippen LogP contribution in [0.3, 0.4) is 0 Å². The molecule has 0 bridgehead atoms. The number of carbonyl (C=O) groups is 1. The zero-order valence-electron chi connectivity index (χ0n) is 14.9. The number of carbonyl (C=O) groups excluding carboxylic acids is 1. The maximum Gasteiger partial charge on any atom is 0.272 e. The maximum absolute atomic E-state index is 12.7. The van der Waals surface area contributed by atoms with Crippen LogP contribution in [0, 0.1) is 6.92 Å². The molecular weight excluding hydrogens is 290 g/mol. The van der Waals surface area contributed by atoms with E-state index in [9.17, 15) is 4.79 Å². The summed E-state index contributed by atoms with van der Waals surface area (Å²) in [5, 5.41) is 0. The summed E-state index contributed by atoms with van der Waals surface area (Å²) in [6.07, 6.45) is 2.22. The molecular formula is C17H29N5O. The van der Waals surface area contributed by atoms with Crippen molar-refractivity contribution in [2.24, 2.45) is 0 Å². The Balaban J connectivity index is 2.09. The van der Waals surface area contributed by atoms with Gasteiger partial charge in [-0.05, 0) is 26.0 Å². The second kappa shape index (κ2) is 8.24. The molecule has 0 radical (unpaired) electrons. The van der Waals surface area contributed by atoms with Crippen LogP contribution in [-0.4, -0.2) is 72.0 Å². The third kappa shape index (κ3) is 4.64. The van der Waals surface area contributed by atoms with E-state index < -0.39 is 0 Å². The number of rotatable bonds is 6. The maximum atomic E-state index is 12.7. The van der Waals surface area contributed by atoms with Crippen molar-refractivity contribution in [1.29, 1.82) is 0 Å². The molecule has 1 aromatic rings. The third-order valence-corrected chi connectivity index (χ3v) is 4.36. The summed E-state index contributed by atoms with van der Waals surface area (Å²) in [6.45, 7) is 11.6. The highest BCUT2D eigenvalue weighted by Gasteiger charge is 2.23. The van der Waals surface area contributed by atoms with Gasteiger partial charge in [-0.25, -0.2) is 9.97 Å². The Morgan fingerprint density at radius 3 is 2.52 bits per heavy atom. The average molecular weight is 319 g/mol. The minimum Gasteiger partial charge on any atom is -0.344 e. The number of anilines is 1. The molecule has 128 valence electrons. The van der Waals surface area contributed by atoms with Crippen LogP contribution in [0.5, 0.6) is 0 Å². The van der Waals surface area contributed by atoms with Crippen molar-refractivity contribution < 1.29 is 4.79 Å². The standard InChI is InChI=1S/C17H29N5O/c1-5-7-8-20(4)17-18-14(3)13-15(19-17)16(23)22-11-9-21(6-2)10-12-22/h13H,5-12H2,1-4H3. The molecule has 0 N–H and O–H groups in total. The summed E-state index contributed by atoms with van der Waals surface area (Å²) in [4.78, 5) is 28.0. The van der Waals surface area contributed by atoms with E-state index in [-0.39, 0.29) is 5.91 Å². The van der Waals surface area contributed by atoms with Crippen LogP contribution >= 0.6 is 0 Å². The van der Waals surface area contributed by atoms with Crippen LogP contribution in [0.1, 0.15) is 42.9 Å². The molecule has 2 rings (SSSR count). The van der Waals surface area contributed by atoms with Gasteiger partial charge in [0.25, 0.3) is 5.91 Å². The van der Waals surface area contributed by atoms with E-state index in [4.69, 9.17) is 0 Å². The Kier molecular flexibility index (Phi) is 6.33. The Morgan fingerprint density at radius 2 is 1.91 bits per heavy atom. The van der Waals surface area contributed by atoms with Gasteiger partial charge in [0.1, 0.15) is 5.69 Å². The molecule has 1 saturated heterocycles. The predicted molar refractivity (Wildman–Crippen MR) is 93.0 cm³/mol. The van der Waals surface area contributed by atoms with Crippen molar-refractivity contribution in [3.8, 4) is 0 Å². The molecule has 1 aliphatic rings. The molecule has 0 unspecified atom stereocenters. The number of amides is 1. The van der Waals surface area contributed by atoms with Crippen molar-refractivity contribution in [1.82, 2.24) is 19.8 Å². The van der Waals surface area contributed by atoms with Gasteiger partial charge in [0.2, 0.25) is 5.95 Å². The number of likely N-dealkylation sites (N-methyl/N-ethyl adjacent to an activating group) is 1. The van der Waals surface area contributed by atoms with Gasteiger partial charge < -0.3 is 14.7 Å². The molecule has 23 heavy (non-hydrogen) atoms. The van der Waals surface area contributed by atoms with Crippen LogP contribution in [0.2, 0.25) is 0 Å². The number of hydrogen-bond donors (Lipinski definition) is 0. The van der Waals surface area contributed by atoms with Gasteiger partial charge in [-0.2, -0.15) is 0 Å². The zero-order valence-corrected chi connectivity index (χ0v) is 14.9. The summed E-state index contributed by atoms with van der Waals surface area (Å²) in [5.41, 5.74) is 1.36. The van der Waals surface area contributed by atoms with E-state index in [1.165, 1.54) is 0 Å². The number of aryl methyl sites for hydroxylation is 1. The fourth-order valence-corrected chi connectivity index (χ4v) is 2.76. The lowest BCUT2D eigenvalue weighted by Crippen LogP contribution is -2.48. The van der Waals surface area contributed by atoms with Gasteiger partial charge in [-0.1, -0.05) is 20.3 Å². The number of nitrogens with zero attached hydrogens (tertiary/aromatic N) is 5. The molecule has 1 amide bonds. The first-order valence-corrected chi connectivity index (χ1v) is 8.63. The van der Waals surface area contributed by atoms with Crippen LogP contribution in [-0.2, 0) is 0 Å². The molecule has 1 fully saturated rings. The minimum atomic E-state index is 0.0244. The highest BCUT2D eigenvalue weighted by Crippen LogP contribution is 2.13. The smallest absolute Gasteiger partial charge is 0.272 e. The summed E-state index contributed by atoms with van der Waals surface area (Å²) in [6, 6.07) is 1.80. The summed E-state index contributed by atoms with van der Waals surface area (Å²) in [5.74, 6) is 0.672. The Bertz CT molecular complexity index is 526. The number of piperazine rings is 1. The van der Waals surface area contributed by atoms with Crippen molar-refractivity contribution in [2.45, 2.75) is 33.6 Å².